The van der Waals surface area contributed by atoms with Crippen molar-refractivity contribution in [1.82, 2.24) is 15.2 Å². The number of carbonyl (C=O) groups is 2. The van der Waals surface area contributed by atoms with Crippen LogP contribution in [0.3, 0.4) is 0 Å². The van der Waals surface area contributed by atoms with E-state index in [0.29, 0.717) is 28.0 Å². The van der Waals surface area contributed by atoms with Gasteiger partial charge in [-0.15, -0.1) is 0 Å². The summed E-state index contributed by atoms with van der Waals surface area (Å²) in [5, 5.41) is 6.12. The molecule has 3 heterocycles. The third kappa shape index (κ3) is 5.12. The second kappa shape index (κ2) is 10.2. The number of pyridine rings is 1. The molecule has 0 saturated heterocycles. The third-order valence-electron chi connectivity index (χ3n) is 5.24. The number of amidine groups is 1. The molecular weight excluding hydrogens is 460 g/mol. The molecule has 0 bridgehead atoms. The number of fused-ring (bicyclic) bond motifs is 1. The lowest BCUT2D eigenvalue weighted by Crippen LogP contribution is -2.38. The van der Waals surface area contributed by atoms with Crippen molar-refractivity contribution >= 4 is 40.4 Å². The van der Waals surface area contributed by atoms with Crippen LogP contribution in [-0.4, -0.2) is 33.5 Å². The van der Waals surface area contributed by atoms with E-state index >= 15 is 0 Å². The fraction of sp³-hybridized carbons (Fsp3) is 0.250. The first-order chi connectivity index (χ1) is 16.0. The van der Waals surface area contributed by atoms with E-state index in [1.54, 1.807) is 32.3 Å². The molecule has 2 aromatic rings. The summed E-state index contributed by atoms with van der Waals surface area (Å²) < 4.78 is 5.35. The molecule has 1 atom stereocenters. The van der Waals surface area contributed by atoms with E-state index in [4.69, 9.17) is 16.3 Å². The van der Waals surface area contributed by atoms with Crippen LogP contribution in [0.25, 0.3) is 0 Å². The first-order valence-corrected chi connectivity index (χ1v) is 11.8. The van der Waals surface area contributed by atoms with Gasteiger partial charge in [-0.2, -0.15) is 0 Å². The SMILES string of the molecule is CCOC(=O)C1=C(C)N=C2SC=C(CC(=O)NCc3ccncc3)N2C1c1cccc(Cl)c1. The van der Waals surface area contributed by atoms with Crippen LogP contribution in [0, 0.1) is 0 Å². The van der Waals surface area contributed by atoms with E-state index in [-0.39, 0.29) is 18.9 Å². The van der Waals surface area contributed by atoms with Crippen molar-refractivity contribution in [3.05, 3.63) is 87.3 Å². The maximum absolute atomic E-state index is 12.9. The summed E-state index contributed by atoms with van der Waals surface area (Å²) in [6.45, 7) is 4.23. The van der Waals surface area contributed by atoms with Crippen molar-refractivity contribution in [3.63, 3.8) is 0 Å². The lowest BCUT2D eigenvalue weighted by atomic mass is 9.94. The van der Waals surface area contributed by atoms with Crippen LogP contribution in [0.15, 0.2) is 76.2 Å². The molecule has 1 aromatic heterocycles. The van der Waals surface area contributed by atoms with Crippen LogP contribution < -0.4 is 5.32 Å². The summed E-state index contributed by atoms with van der Waals surface area (Å²) >= 11 is 7.71. The largest absolute Gasteiger partial charge is 0.463 e. The average molecular weight is 483 g/mol. The summed E-state index contributed by atoms with van der Waals surface area (Å²) in [7, 11) is 0. The number of hydrogen-bond donors (Lipinski definition) is 1. The van der Waals surface area contributed by atoms with Gasteiger partial charge in [0.1, 0.15) is 0 Å². The van der Waals surface area contributed by atoms with Gasteiger partial charge in [-0.3, -0.25) is 9.78 Å². The monoisotopic (exact) mass is 482 g/mol. The van der Waals surface area contributed by atoms with Gasteiger partial charge in [-0.1, -0.05) is 35.5 Å². The van der Waals surface area contributed by atoms with Crippen LogP contribution in [0.2, 0.25) is 5.02 Å². The number of nitrogens with zero attached hydrogens (tertiary/aromatic N) is 3. The van der Waals surface area contributed by atoms with Crippen molar-refractivity contribution in [2.24, 2.45) is 4.99 Å². The molecule has 0 aliphatic carbocycles. The molecule has 1 N–H and O–H groups in total. The van der Waals surface area contributed by atoms with Crippen molar-refractivity contribution < 1.29 is 14.3 Å². The van der Waals surface area contributed by atoms with Crippen molar-refractivity contribution in [1.29, 1.82) is 0 Å². The fourth-order valence-corrected chi connectivity index (χ4v) is 4.92. The molecule has 4 rings (SSSR count). The molecule has 1 amide bonds. The predicted octanol–water partition coefficient (Wildman–Crippen LogP) is 4.58. The Hall–Kier alpha value is -3.10. The topological polar surface area (TPSA) is 83.9 Å². The molecule has 1 unspecified atom stereocenters. The van der Waals surface area contributed by atoms with Gasteiger partial charge in [0.2, 0.25) is 5.91 Å². The van der Waals surface area contributed by atoms with E-state index in [1.807, 2.05) is 40.6 Å². The van der Waals surface area contributed by atoms with E-state index in [0.717, 1.165) is 16.8 Å². The average Bonchev–Trinajstić information content (AvgIpc) is 3.19. The number of amides is 1. The van der Waals surface area contributed by atoms with Crippen LogP contribution in [0.1, 0.15) is 37.4 Å². The fourth-order valence-electron chi connectivity index (χ4n) is 3.76. The van der Waals surface area contributed by atoms with Gasteiger partial charge in [0.05, 0.1) is 30.3 Å². The van der Waals surface area contributed by atoms with Gasteiger partial charge in [-0.05, 0) is 54.6 Å². The summed E-state index contributed by atoms with van der Waals surface area (Å²) in [6.07, 6.45) is 3.52. The van der Waals surface area contributed by atoms with Gasteiger partial charge in [0, 0.05) is 29.7 Å². The molecule has 1 aromatic carbocycles. The van der Waals surface area contributed by atoms with Gasteiger partial charge in [0.25, 0.3) is 0 Å². The van der Waals surface area contributed by atoms with E-state index in [2.05, 4.69) is 15.3 Å². The minimum Gasteiger partial charge on any atom is -0.463 e. The molecular formula is C24H23ClN4O3S. The lowest BCUT2D eigenvalue weighted by molar-refractivity contribution is -0.139. The number of halogens is 1. The molecule has 170 valence electrons. The van der Waals surface area contributed by atoms with Crippen LogP contribution in [0.5, 0.6) is 0 Å². The summed E-state index contributed by atoms with van der Waals surface area (Å²) in [4.78, 5) is 36.3. The first kappa shape index (κ1) is 23.1. The molecule has 0 fully saturated rings. The van der Waals surface area contributed by atoms with Crippen molar-refractivity contribution in [2.75, 3.05) is 6.61 Å². The normalized spacial score (nSPS) is 17.3. The van der Waals surface area contributed by atoms with Crippen LogP contribution >= 0.6 is 23.4 Å². The predicted molar refractivity (Wildman–Crippen MR) is 129 cm³/mol. The maximum Gasteiger partial charge on any atom is 0.338 e. The maximum atomic E-state index is 12.9. The van der Waals surface area contributed by atoms with Crippen LogP contribution in [0.4, 0.5) is 0 Å². The summed E-state index contributed by atoms with van der Waals surface area (Å²) in [5.74, 6) is -0.560. The number of benzene rings is 1. The highest BCUT2D eigenvalue weighted by atomic mass is 35.5. The Kier molecular flexibility index (Phi) is 7.15. The number of allylic oxidation sites excluding steroid dienone is 1. The zero-order valence-electron chi connectivity index (χ0n) is 18.2. The number of thioether (sulfide) groups is 1. The minimum atomic E-state index is -0.496. The zero-order valence-corrected chi connectivity index (χ0v) is 19.8. The van der Waals surface area contributed by atoms with E-state index in [1.165, 1.54) is 11.8 Å². The number of ether oxygens (including phenoxy) is 1. The molecule has 2 aliphatic rings. The molecule has 0 saturated carbocycles. The van der Waals surface area contributed by atoms with Gasteiger partial charge >= 0.3 is 5.97 Å². The number of esters is 1. The Morgan fingerprint density at radius 3 is 2.76 bits per heavy atom. The first-order valence-electron chi connectivity index (χ1n) is 10.5. The Bertz CT molecular complexity index is 1160. The highest BCUT2D eigenvalue weighted by Crippen LogP contribution is 2.45. The second-order valence-electron chi connectivity index (χ2n) is 7.48. The highest BCUT2D eigenvalue weighted by Gasteiger charge is 2.41. The molecule has 0 radical (unpaired) electrons. The molecule has 0 spiro atoms. The van der Waals surface area contributed by atoms with Crippen LogP contribution in [-0.2, 0) is 20.9 Å². The smallest absolute Gasteiger partial charge is 0.338 e. The van der Waals surface area contributed by atoms with Gasteiger partial charge in [0.15, 0.2) is 5.17 Å². The Balaban J connectivity index is 1.61. The van der Waals surface area contributed by atoms with Gasteiger partial charge < -0.3 is 15.0 Å². The second-order valence-corrected chi connectivity index (χ2v) is 8.75. The zero-order chi connectivity index (χ0) is 23.4. The third-order valence-corrected chi connectivity index (χ3v) is 6.36. The molecule has 2 aliphatic heterocycles. The quantitative estimate of drug-likeness (QED) is 0.581. The van der Waals surface area contributed by atoms with E-state index in [9.17, 15) is 9.59 Å². The number of rotatable bonds is 7. The van der Waals surface area contributed by atoms with Gasteiger partial charge in [-0.25, -0.2) is 9.79 Å². The standard InChI is InChI=1S/C24H23ClN4O3S/c1-3-32-23(31)21-15(2)28-24-29(22(21)17-5-4-6-18(25)11-17)19(14-33-24)12-20(30)27-13-16-7-9-26-10-8-16/h4-11,14,22H,3,12-13H2,1-2H3,(H,27,30). The minimum absolute atomic E-state index is 0.131. The number of aromatic nitrogens is 1. The molecule has 7 nitrogen and oxygen atoms in total. The molecule has 33 heavy (non-hydrogen) atoms. The van der Waals surface area contributed by atoms with Crippen molar-refractivity contribution in [3.8, 4) is 0 Å². The van der Waals surface area contributed by atoms with E-state index < -0.39 is 12.0 Å². The Morgan fingerprint density at radius 1 is 1.24 bits per heavy atom. The number of nitrogens with one attached hydrogen (secondary N) is 1. The highest BCUT2D eigenvalue weighted by molar-refractivity contribution is 8.16. The van der Waals surface area contributed by atoms with Crippen molar-refractivity contribution in [2.45, 2.75) is 32.9 Å². The number of carbonyl (C=O) groups excluding carboxylic acids is 2. The number of aliphatic imine (C=N–C) groups is 1. The number of hydrogen-bond acceptors (Lipinski definition) is 7. The molecule has 9 heteroatoms. The lowest BCUT2D eigenvalue weighted by Gasteiger charge is -2.36. The Morgan fingerprint density at radius 2 is 2.03 bits per heavy atom. The summed E-state index contributed by atoms with van der Waals surface area (Å²) in [5.41, 5.74) is 3.57. The Labute approximate surface area is 201 Å². The summed E-state index contributed by atoms with van der Waals surface area (Å²) in [6, 6.07) is 10.6.